The minimum absolute atomic E-state index is 0.317. The molecule has 3 heterocycles. The molecule has 2 aromatic heterocycles. The molecule has 0 amide bonds. The van der Waals surface area contributed by atoms with Crippen LogP contribution >= 0.6 is 11.6 Å². The van der Waals surface area contributed by atoms with E-state index in [0.717, 1.165) is 18.8 Å². The Morgan fingerprint density at radius 3 is 2.76 bits per heavy atom. The minimum atomic E-state index is 0.317. The van der Waals surface area contributed by atoms with Crippen molar-refractivity contribution in [2.45, 2.75) is 18.4 Å². The maximum Gasteiger partial charge on any atom is 0.232 e. The molecular formula is C15H17ClN4O. The lowest BCUT2D eigenvalue weighted by Crippen LogP contribution is -2.30. The van der Waals surface area contributed by atoms with Crippen LogP contribution in [0.3, 0.4) is 0 Å². The van der Waals surface area contributed by atoms with E-state index < -0.39 is 0 Å². The fraction of sp³-hybridized carbons (Fsp3) is 0.400. The number of hydrogen-bond acceptors (Lipinski definition) is 5. The molecular weight excluding hydrogens is 288 g/mol. The summed E-state index contributed by atoms with van der Waals surface area (Å²) in [6, 6.07) is 5.73. The van der Waals surface area contributed by atoms with E-state index in [0.29, 0.717) is 29.5 Å². The molecule has 2 aromatic rings. The van der Waals surface area contributed by atoms with Gasteiger partial charge in [-0.05, 0) is 31.7 Å². The zero-order valence-electron chi connectivity index (χ0n) is 11.8. The lowest BCUT2D eigenvalue weighted by molar-refractivity contribution is 0.193. The Bertz CT molecular complexity index is 595. The highest BCUT2D eigenvalue weighted by Crippen LogP contribution is 2.29. The van der Waals surface area contributed by atoms with Crippen LogP contribution in [0, 0.1) is 0 Å². The van der Waals surface area contributed by atoms with Crippen LogP contribution in [0.4, 0.5) is 0 Å². The summed E-state index contributed by atoms with van der Waals surface area (Å²) >= 11 is 6.05. The van der Waals surface area contributed by atoms with Crippen molar-refractivity contribution in [3.63, 3.8) is 0 Å². The number of aromatic nitrogens is 3. The van der Waals surface area contributed by atoms with Crippen LogP contribution in [0.1, 0.15) is 18.2 Å². The van der Waals surface area contributed by atoms with Gasteiger partial charge in [0.1, 0.15) is 17.5 Å². The van der Waals surface area contributed by atoms with Gasteiger partial charge in [-0.25, -0.2) is 15.0 Å². The molecule has 0 aromatic carbocycles. The van der Waals surface area contributed by atoms with Gasteiger partial charge in [-0.15, -0.1) is 0 Å². The van der Waals surface area contributed by atoms with Crippen molar-refractivity contribution in [1.82, 2.24) is 19.9 Å². The molecule has 0 spiro atoms. The number of halogens is 1. The van der Waals surface area contributed by atoms with Crippen LogP contribution in [-0.2, 0) is 0 Å². The topological polar surface area (TPSA) is 51.1 Å². The molecule has 0 bridgehead atoms. The highest BCUT2D eigenvalue weighted by Gasteiger charge is 2.32. The fourth-order valence-corrected chi connectivity index (χ4v) is 2.81. The first kappa shape index (κ1) is 14.2. The number of likely N-dealkylation sites (tertiary alicyclic amines) is 1. The molecule has 6 heteroatoms. The molecule has 5 nitrogen and oxygen atoms in total. The van der Waals surface area contributed by atoms with Gasteiger partial charge in [0.2, 0.25) is 5.88 Å². The highest BCUT2D eigenvalue weighted by atomic mass is 35.5. The van der Waals surface area contributed by atoms with Gasteiger partial charge >= 0.3 is 0 Å². The Kier molecular flexibility index (Phi) is 4.31. The molecule has 1 aliphatic rings. The van der Waals surface area contributed by atoms with Gasteiger partial charge in [-0.3, -0.25) is 4.90 Å². The summed E-state index contributed by atoms with van der Waals surface area (Å²) in [5.74, 6) is 1.75. The van der Waals surface area contributed by atoms with Gasteiger partial charge in [0.25, 0.3) is 0 Å². The highest BCUT2D eigenvalue weighted by molar-refractivity contribution is 6.31. The third-order valence-corrected chi connectivity index (χ3v) is 4.06. The van der Waals surface area contributed by atoms with E-state index in [9.17, 15) is 0 Å². The second kappa shape index (κ2) is 6.37. The summed E-state index contributed by atoms with van der Waals surface area (Å²) in [6.45, 7) is 1.50. The van der Waals surface area contributed by atoms with Crippen LogP contribution in [0.2, 0.25) is 5.02 Å². The molecule has 1 aliphatic heterocycles. The monoisotopic (exact) mass is 304 g/mol. The normalized spacial score (nSPS) is 22.4. The standard InChI is InChI=1S/C15H17ClN4O/c1-20-9-11(14-17-6-3-7-18-14)8-12(20)10-21-15-13(16)4-2-5-19-15/h2-7,11-12H,8-10H2,1H3. The number of rotatable bonds is 4. The van der Waals surface area contributed by atoms with E-state index >= 15 is 0 Å². The summed E-state index contributed by atoms with van der Waals surface area (Å²) in [6.07, 6.45) is 6.24. The zero-order chi connectivity index (χ0) is 14.7. The molecule has 0 N–H and O–H groups in total. The second-order valence-electron chi connectivity index (χ2n) is 5.23. The fourth-order valence-electron chi connectivity index (χ4n) is 2.64. The van der Waals surface area contributed by atoms with Gasteiger partial charge in [-0.2, -0.15) is 0 Å². The molecule has 2 unspecified atom stereocenters. The number of likely N-dealkylation sites (N-methyl/N-ethyl adjacent to an activating group) is 1. The second-order valence-corrected chi connectivity index (χ2v) is 5.64. The van der Waals surface area contributed by atoms with Crippen LogP contribution in [0.25, 0.3) is 0 Å². The van der Waals surface area contributed by atoms with Gasteiger partial charge in [0, 0.05) is 37.1 Å². The molecule has 110 valence electrons. The smallest absolute Gasteiger partial charge is 0.232 e. The van der Waals surface area contributed by atoms with Crippen LogP contribution in [0.5, 0.6) is 5.88 Å². The largest absolute Gasteiger partial charge is 0.475 e. The molecule has 21 heavy (non-hydrogen) atoms. The molecule has 3 rings (SSSR count). The number of pyridine rings is 1. The van der Waals surface area contributed by atoms with Crippen molar-refractivity contribution in [3.8, 4) is 5.88 Å². The summed E-state index contributed by atoms with van der Waals surface area (Å²) < 4.78 is 5.75. The Labute approximate surface area is 129 Å². The van der Waals surface area contributed by atoms with E-state index in [1.165, 1.54) is 0 Å². The van der Waals surface area contributed by atoms with E-state index in [4.69, 9.17) is 16.3 Å². The summed E-state index contributed by atoms with van der Waals surface area (Å²) in [5.41, 5.74) is 0. The van der Waals surface area contributed by atoms with Crippen LogP contribution < -0.4 is 4.74 Å². The van der Waals surface area contributed by atoms with E-state index in [1.54, 1.807) is 30.7 Å². The molecule has 0 aliphatic carbocycles. The van der Waals surface area contributed by atoms with Crippen molar-refractivity contribution >= 4 is 11.6 Å². The first-order valence-electron chi connectivity index (χ1n) is 6.94. The lowest BCUT2D eigenvalue weighted by atomic mass is 10.1. The van der Waals surface area contributed by atoms with Crippen molar-refractivity contribution in [2.24, 2.45) is 0 Å². The predicted molar refractivity (Wildman–Crippen MR) is 80.6 cm³/mol. The summed E-state index contributed by atoms with van der Waals surface area (Å²) in [4.78, 5) is 15.1. The SMILES string of the molecule is CN1CC(c2ncccn2)CC1COc1ncccc1Cl. The first-order chi connectivity index (χ1) is 10.2. The molecule has 1 fully saturated rings. The van der Waals surface area contributed by atoms with Gasteiger partial charge in [0.15, 0.2) is 0 Å². The predicted octanol–water partition coefficient (Wildman–Crippen LogP) is 2.39. The third kappa shape index (κ3) is 3.31. The average Bonchev–Trinajstić information content (AvgIpc) is 2.89. The third-order valence-electron chi connectivity index (χ3n) is 3.78. The van der Waals surface area contributed by atoms with Crippen molar-refractivity contribution in [1.29, 1.82) is 0 Å². The average molecular weight is 305 g/mol. The maximum atomic E-state index is 6.05. The zero-order valence-corrected chi connectivity index (χ0v) is 12.6. The Morgan fingerprint density at radius 2 is 2.00 bits per heavy atom. The molecule has 0 saturated carbocycles. The molecule has 2 atom stereocenters. The molecule has 1 saturated heterocycles. The van der Waals surface area contributed by atoms with Gasteiger partial charge in [-0.1, -0.05) is 11.6 Å². The first-order valence-corrected chi connectivity index (χ1v) is 7.32. The minimum Gasteiger partial charge on any atom is -0.475 e. The van der Waals surface area contributed by atoms with Crippen molar-refractivity contribution in [3.05, 3.63) is 47.6 Å². The number of ether oxygens (including phenoxy) is 1. The lowest BCUT2D eigenvalue weighted by Gasteiger charge is -2.19. The van der Waals surface area contributed by atoms with Crippen LogP contribution in [-0.4, -0.2) is 46.1 Å². The Balaban J connectivity index is 1.61. The summed E-state index contributed by atoms with van der Waals surface area (Å²) in [7, 11) is 2.09. The maximum absolute atomic E-state index is 6.05. The molecule has 0 radical (unpaired) electrons. The van der Waals surface area contributed by atoms with E-state index in [2.05, 4.69) is 26.9 Å². The Morgan fingerprint density at radius 1 is 1.24 bits per heavy atom. The van der Waals surface area contributed by atoms with E-state index in [-0.39, 0.29) is 0 Å². The number of nitrogens with zero attached hydrogens (tertiary/aromatic N) is 4. The van der Waals surface area contributed by atoms with Crippen molar-refractivity contribution in [2.75, 3.05) is 20.2 Å². The van der Waals surface area contributed by atoms with Gasteiger partial charge in [0.05, 0.1) is 0 Å². The Hall–Kier alpha value is -1.72. The van der Waals surface area contributed by atoms with E-state index in [1.807, 2.05) is 6.07 Å². The summed E-state index contributed by atoms with van der Waals surface area (Å²) in [5, 5.41) is 0.543. The number of hydrogen-bond donors (Lipinski definition) is 0. The van der Waals surface area contributed by atoms with Crippen molar-refractivity contribution < 1.29 is 4.74 Å². The quantitative estimate of drug-likeness (QED) is 0.868. The van der Waals surface area contributed by atoms with Crippen LogP contribution in [0.15, 0.2) is 36.8 Å². The van der Waals surface area contributed by atoms with Gasteiger partial charge < -0.3 is 4.74 Å².